The van der Waals surface area contributed by atoms with E-state index in [0.29, 0.717) is 12.4 Å². The number of ether oxygens (including phenoxy) is 1. The first-order valence-electron chi connectivity index (χ1n) is 10.6. The zero-order chi connectivity index (χ0) is 24.7. The fourth-order valence-corrected chi connectivity index (χ4v) is 3.70. The van der Waals surface area contributed by atoms with Crippen molar-refractivity contribution in [3.63, 3.8) is 0 Å². The summed E-state index contributed by atoms with van der Waals surface area (Å²) in [7, 11) is 0. The van der Waals surface area contributed by atoms with Gasteiger partial charge in [0.1, 0.15) is 29.5 Å². The van der Waals surface area contributed by atoms with Gasteiger partial charge in [-0.1, -0.05) is 6.07 Å². The Labute approximate surface area is 196 Å². The molecule has 0 bridgehead atoms. The summed E-state index contributed by atoms with van der Waals surface area (Å²) in [5.41, 5.74) is -1.01. The Bertz CT molecular complexity index is 1440. The molecule has 1 saturated heterocycles. The van der Waals surface area contributed by atoms with E-state index in [-0.39, 0.29) is 35.5 Å². The number of hydrogen-bond acceptors (Lipinski definition) is 7. The molecular formula is C23H19F3N6O3. The molecule has 12 heteroatoms. The molecule has 1 fully saturated rings. The average Bonchev–Trinajstić information content (AvgIpc) is 3.21. The Balaban J connectivity index is 1.35. The molecule has 1 aromatic carbocycles. The van der Waals surface area contributed by atoms with Gasteiger partial charge < -0.3 is 14.7 Å². The lowest BCUT2D eigenvalue weighted by atomic mass is 10.0. The predicted molar refractivity (Wildman–Crippen MR) is 118 cm³/mol. The van der Waals surface area contributed by atoms with Gasteiger partial charge in [0, 0.05) is 30.4 Å². The summed E-state index contributed by atoms with van der Waals surface area (Å²) in [4.78, 5) is 22.7. The highest BCUT2D eigenvalue weighted by molar-refractivity contribution is 5.48. The number of aliphatic hydroxyl groups excluding tert-OH is 1. The van der Waals surface area contributed by atoms with Gasteiger partial charge in [0.05, 0.1) is 30.6 Å². The highest BCUT2D eigenvalue weighted by Gasteiger charge is 2.34. The van der Waals surface area contributed by atoms with Crippen LogP contribution in [0.2, 0.25) is 0 Å². The van der Waals surface area contributed by atoms with Crippen molar-refractivity contribution in [1.82, 2.24) is 24.3 Å². The molecule has 2 atom stereocenters. The SMILES string of the molecule is C[C@H]1[C@@H](O)CN1c1cc(Oc2ncc(-n3ncn(Cc4c(F)cccc4F)c3=O)cc2F)ccn1. The molecule has 0 aliphatic carbocycles. The molecule has 4 aromatic rings. The molecule has 1 aliphatic heterocycles. The molecule has 1 aliphatic rings. The molecule has 0 amide bonds. The number of rotatable bonds is 6. The lowest BCUT2D eigenvalue weighted by molar-refractivity contribution is 0.0987. The van der Waals surface area contributed by atoms with E-state index in [4.69, 9.17) is 4.74 Å². The Hall–Kier alpha value is -4.19. The Morgan fingerprint density at radius 1 is 1.11 bits per heavy atom. The van der Waals surface area contributed by atoms with Crippen LogP contribution in [0.15, 0.2) is 59.9 Å². The minimum absolute atomic E-state index is 0.00594. The maximum atomic E-state index is 14.8. The van der Waals surface area contributed by atoms with Crippen molar-refractivity contribution in [2.24, 2.45) is 0 Å². The molecule has 0 unspecified atom stereocenters. The van der Waals surface area contributed by atoms with Crippen molar-refractivity contribution >= 4 is 5.82 Å². The summed E-state index contributed by atoms with van der Waals surface area (Å²) in [5.74, 6) is -1.91. The van der Waals surface area contributed by atoms with E-state index >= 15 is 0 Å². The van der Waals surface area contributed by atoms with E-state index in [1.54, 1.807) is 6.07 Å². The van der Waals surface area contributed by atoms with Crippen LogP contribution in [0.25, 0.3) is 5.69 Å². The number of benzene rings is 1. The third kappa shape index (κ3) is 4.23. The summed E-state index contributed by atoms with van der Waals surface area (Å²) in [6, 6.07) is 7.46. The molecule has 35 heavy (non-hydrogen) atoms. The zero-order valence-corrected chi connectivity index (χ0v) is 18.3. The third-order valence-corrected chi connectivity index (χ3v) is 5.82. The molecule has 180 valence electrons. The van der Waals surface area contributed by atoms with Crippen LogP contribution in [0.3, 0.4) is 0 Å². The van der Waals surface area contributed by atoms with Crippen LogP contribution in [-0.2, 0) is 6.54 Å². The molecular weight excluding hydrogens is 465 g/mol. The topological polar surface area (TPSA) is 98.3 Å². The highest BCUT2D eigenvalue weighted by Crippen LogP contribution is 2.30. The van der Waals surface area contributed by atoms with Crippen molar-refractivity contribution in [2.45, 2.75) is 25.6 Å². The first-order chi connectivity index (χ1) is 16.8. The first-order valence-corrected chi connectivity index (χ1v) is 10.6. The second-order valence-corrected chi connectivity index (χ2v) is 8.05. The Morgan fingerprint density at radius 2 is 1.89 bits per heavy atom. The van der Waals surface area contributed by atoms with Gasteiger partial charge in [-0.25, -0.2) is 27.9 Å². The van der Waals surface area contributed by atoms with E-state index in [9.17, 15) is 23.1 Å². The number of anilines is 1. The maximum absolute atomic E-state index is 14.8. The number of β-amino-alcohol motifs (C(OH)–C–C–N with tert-alkyl or cyclic N) is 1. The van der Waals surface area contributed by atoms with Gasteiger partial charge in [0.2, 0.25) is 0 Å². The van der Waals surface area contributed by atoms with Crippen LogP contribution in [0.4, 0.5) is 19.0 Å². The van der Waals surface area contributed by atoms with E-state index in [1.165, 1.54) is 24.5 Å². The number of nitrogens with zero attached hydrogens (tertiary/aromatic N) is 6. The predicted octanol–water partition coefficient (Wildman–Crippen LogP) is 2.65. The summed E-state index contributed by atoms with van der Waals surface area (Å²) in [6.07, 6.45) is 3.35. The Morgan fingerprint density at radius 3 is 2.57 bits per heavy atom. The van der Waals surface area contributed by atoms with E-state index in [1.807, 2.05) is 11.8 Å². The van der Waals surface area contributed by atoms with Gasteiger partial charge in [0.15, 0.2) is 5.82 Å². The van der Waals surface area contributed by atoms with Gasteiger partial charge in [-0.3, -0.25) is 4.57 Å². The van der Waals surface area contributed by atoms with Gasteiger partial charge in [-0.2, -0.15) is 9.78 Å². The summed E-state index contributed by atoms with van der Waals surface area (Å²) in [5, 5.41) is 13.6. The number of halogens is 3. The van der Waals surface area contributed by atoms with Crippen molar-refractivity contribution in [2.75, 3.05) is 11.4 Å². The van der Waals surface area contributed by atoms with Crippen LogP contribution >= 0.6 is 0 Å². The minimum atomic E-state index is -0.852. The van der Waals surface area contributed by atoms with Crippen LogP contribution in [0, 0.1) is 17.5 Å². The summed E-state index contributed by atoms with van der Waals surface area (Å²) in [6.45, 7) is 1.91. The molecule has 4 heterocycles. The van der Waals surface area contributed by atoms with Crippen molar-refractivity contribution in [3.8, 4) is 17.3 Å². The quantitative estimate of drug-likeness (QED) is 0.449. The van der Waals surface area contributed by atoms with Gasteiger partial charge >= 0.3 is 5.69 Å². The minimum Gasteiger partial charge on any atom is -0.436 e. The molecule has 0 radical (unpaired) electrons. The van der Waals surface area contributed by atoms with Crippen molar-refractivity contribution in [1.29, 1.82) is 0 Å². The van der Waals surface area contributed by atoms with E-state index < -0.39 is 29.2 Å². The molecule has 1 N–H and O–H groups in total. The molecule has 9 nitrogen and oxygen atoms in total. The average molecular weight is 484 g/mol. The molecule has 3 aromatic heterocycles. The van der Waals surface area contributed by atoms with Crippen LogP contribution in [0.5, 0.6) is 11.6 Å². The van der Waals surface area contributed by atoms with Gasteiger partial charge in [-0.15, -0.1) is 0 Å². The van der Waals surface area contributed by atoms with Crippen molar-refractivity contribution in [3.05, 3.63) is 88.6 Å². The lowest BCUT2D eigenvalue weighted by Gasteiger charge is -2.44. The number of aromatic nitrogens is 5. The number of pyridine rings is 2. The second-order valence-electron chi connectivity index (χ2n) is 8.05. The fraction of sp³-hybridized carbons (Fsp3) is 0.217. The van der Waals surface area contributed by atoms with Crippen LogP contribution in [-0.4, -0.2) is 48.1 Å². The number of aliphatic hydroxyl groups is 1. The van der Waals surface area contributed by atoms with E-state index in [0.717, 1.165) is 33.8 Å². The Kier molecular flexibility index (Phi) is 5.73. The largest absolute Gasteiger partial charge is 0.436 e. The number of hydrogen-bond donors (Lipinski definition) is 1. The van der Waals surface area contributed by atoms with Gasteiger partial charge in [0.25, 0.3) is 5.88 Å². The zero-order valence-electron chi connectivity index (χ0n) is 18.3. The van der Waals surface area contributed by atoms with Crippen LogP contribution in [0.1, 0.15) is 12.5 Å². The van der Waals surface area contributed by atoms with Crippen molar-refractivity contribution < 1.29 is 23.0 Å². The maximum Gasteiger partial charge on any atom is 0.350 e. The first kappa shape index (κ1) is 22.6. The normalized spacial score (nSPS) is 17.3. The molecule has 5 rings (SSSR count). The lowest BCUT2D eigenvalue weighted by Crippen LogP contribution is -2.59. The smallest absolute Gasteiger partial charge is 0.350 e. The third-order valence-electron chi connectivity index (χ3n) is 5.82. The second kappa shape index (κ2) is 8.87. The monoisotopic (exact) mass is 484 g/mol. The fourth-order valence-electron chi connectivity index (χ4n) is 3.70. The van der Waals surface area contributed by atoms with E-state index in [2.05, 4.69) is 15.1 Å². The van der Waals surface area contributed by atoms with Crippen LogP contribution < -0.4 is 15.3 Å². The molecule has 0 saturated carbocycles. The van der Waals surface area contributed by atoms with Gasteiger partial charge in [-0.05, 0) is 25.1 Å². The highest BCUT2D eigenvalue weighted by atomic mass is 19.1. The summed E-state index contributed by atoms with van der Waals surface area (Å²) < 4.78 is 50.0. The summed E-state index contributed by atoms with van der Waals surface area (Å²) >= 11 is 0. The molecule has 0 spiro atoms. The standard InChI is InChI=1S/C23H19F3N6O3/c1-13-20(33)11-31(13)21-8-15(5-6-27-21)35-22-19(26)7-14(9-28-22)32-23(34)30(12-29-32)10-16-17(24)3-2-4-18(16)25/h2-9,12-13,20,33H,10-11H2,1H3/t13-,20-/m0/s1.